The Morgan fingerprint density at radius 2 is 1.86 bits per heavy atom. The molecule has 1 aliphatic heterocycles. The second-order valence-corrected chi connectivity index (χ2v) is 4.91. The van der Waals surface area contributed by atoms with E-state index in [9.17, 15) is 18.3 Å². The number of alkyl halides is 3. The summed E-state index contributed by atoms with van der Waals surface area (Å²) >= 11 is 0. The van der Waals surface area contributed by atoms with Crippen molar-refractivity contribution in [2.45, 2.75) is 18.4 Å². The average molecular weight is 305 g/mol. The Morgan fingerprint density at radius 1 is 1.14 bits per heavy atom. The van der Waals surface area contributed by atoms with E-state index in [0.717, 1.165) is 12.1 Å². The minimum absolute atomic E-state index is 0.214. The van der Waals surface area contributed by atoms with Crippen molar-refractivity contribution in [3.05, 3.63) is 53.6 Å². The molecule has 0 aromatic heterocycles. The molecule has 2 unspecified atom stereocenters. The van der Waals surface area contributed by atoms with Gasteiger partial charge in [0.15, 0.2) is 12.2 Å². The standard InChI is InChI=1S/C16H10F3NO2/c17-16(18,19)9-5-6-14-12(7-9)10-3-1-2-4-11(10)15(22-14)13(21)8-20/h1-7,13,15,21H. The molecule has 0 saturated heterocycles. The molecule has 22 heavy (non-hydrogen) atoms. The normalized spacial score (nSPS) is 17.7. The number of nitrogens with zero attached hydrogens (tertiary/aromatic N) is 1. The molecule has 3 nitrogen and oxygen atoms in total. The zero-order chi connectivity index (χ0) is 15.9. The molecule has 0 amide bonds. The molecular formula is C16H10F3NO2. The van der Waals surface area contributed by atoms with Crippen molar-refractivity contribution in [1.29, 1.82) is 5.26 Å². The fourth-order valence-electron chi connectivity index (χ4n) is 2.51. The Hall–Kier alpha value is -2.52. The molecule has 1 aliphatic rings. The lowest BCUT2D eigenvalue weighted by Crippen LogP contribution is -2.25. The fraction of sp³-hybridized carbons (Fsp3) is 0.188. The Kier molecular flexibility index (Phi) is 3.30. The van der Waals surface area contributed by atoms with Crippen molar-refractivity contribution in [1.82, 2.24) is 0 Å². The summed E-state index contributed by atoms with van der Waals surface area (Å²) in [4.78, 5) is 0. The molecule has 0 fully saturated rings. The number of hydrogen-bond donors (Lipinski definition) is 1. The van der Waals surface area contributed by atoms with Crippen LogP contribution in [0.1, 0.15) is 17.2 Å². The van der Waals surface area contributed by atoms with Gasteiger partial charge in [-0.2, -0.15) is 18.4 Å². The van der Waals surface area contributed by atoms with Crippen LogP contribution in [0.5, 0.6) is 5.75 Å². The van der Waals surface area contributed by atoms with Crippen molar-refractivity contribution in [2.75, 3.05) is 0 Å². The Labute approximate surface area is 124 Å². The number of rotatable bonds is 1. The van der Waals surface area contributed by atoms with E-state index in [4.69, 9.17) is 10.00 Å². The molecule has 3 rings (SSSR count). The molecule has 2 atom stereocenters. The highest BCUT2D eigenvalue weighted by atomic mass is 19.4. The molecule has 0 radical (unpaired) electrons. The predicted molar refractivity (Wildman–Crippen MR) is 71.9 cm³/mol. The van der Waals surface area contributed by atoms with Gasteiger partial charge >= 0.3 is 6.18 Å². The summed E-state index contributed by atoms with van der Waals surface area (Å²) in [7, 11) is 0. The summed E-state index contributed by atoms with van der Waals surface area (Å²) in [6, 6.07) is 11.5. The van der Waals surface area contributed by atoms with Gasteiger partial charge in [-0.25, -0.2) is 0 Å². The van der Waals surface area contributed by atoms with Crippen molar-refractivity contribution in [2.24, 2.45) is 0 Å². The van der Waals surface area contributed by atoms with Crippen LogP contribution in [-0.4, -0.2) is 11.2 Å². The Bertz CT molecular complexity index is 765. The topological polar surface area (TPSA) is 53.2 Å². The van der Waals surface area contributed by atoms with Crippen molar-refractivity contribution < 1.29 is 23.0 Å². The third kappa shape index (κ3) is 2.30. The van der Waals surface area contributed by atoms with Gasteiger partial charge in [-0.15, -0.1) is 0 Å². The number of nitriles is 1. The van der Waals surface area contributed by atoms with E-state index < -0.39 is 23.9 Å². The van der Waals surface area contributed by atoms with Crippen LogP contribution in [-0.2, 0) is 6.18 Å². The van der Waals surface area contributed by atoms with Gasteiger partial charge in [0.1, 0.15) is 5.75 Å². The average Bonchev–Trinajstić information content (AvgIpc) is 2.52. The summed E-state index contributed by atoms with van der Waals surface area (Å²) in [6.45, 7) is 0. The molecule has 0 aliphatic carbocycles. The minimum Gasteiger partial charge on any atom is -0.481 e. The van der Waals surface area contributed by atoms with Crippen LogP contribution in [0.15, 0.2) is 42.5 Å². The second-order valence-electron chi connectivity index (χ2n) is 4.91. The molecule has 6 heteroatoms. The predicted octanol–water partition coefficient (Wildman–Crippen LogP) is 3.69. The van der Waals surface area contributed by atoms with E-state index in [1.807, 2.05) is 0 Å². The van der Waals surface area contributed by atoms with E-state index >= 15 is 0 Å². The molecule has 1 heterocycles. The van der Waals surface area contributed by atoms with Crippen LogP contribution >= 0.6 is 0 Å². The highest BCUT2D eigenvalue weighted by Gasteiger charge is 2.35. The van der Waals surface area contributed by atoms with E-state index in [-0.39, 0.29) is 5.75 Å². The summed E-state index contributed by atoms with van der Waals surface area (Å²) in [5.41, 5.74) is 0.535. The monoisotopic (exact) mass is 305 g/mol. The smallest absolute Gasteiger partial charge is 0.416 e. The molecule has 0 spiro atoms. The lowest BCUT2D eigenvalue weighted by molar-refractivity contribution is -0.137. The molecule has 2 aromatic carbocycles. The molecule has 2 aromatic rings. The van der Waals surface area contributed by atoms with E-state index in [0.29, 0.717) is 16.7 Å². The molecule has 0 bridgehead atoms. The van der Waals surface area contributed by atoms with Crippen LogP contribution in [0.25, 0.3) is 11.1 Å². The number of benzene rings is 2. The molecular weight excluding hydrogens is 295 g/mol. The Balaban J connectivity index is 2.18. The summed E-state index contributed by atoms with van der Waals surface area (Å²) in [5, 5.41) is 18.7. The first-order valence-electron chi connectivity index (χ1n) is 6.46. The lowest BCUT2D eigenvalue weighted by atomic mass is 9.90. The molecule has 1 N–H and O–H groups in total. The van der Waals surface area contributed by atoms with Gasteiger partial charge in [-0.1, -0.05) is 24.3 Å². The van der Waals surface area contributed by atoms with Gasteiger partial charge in [-0.05, 0) is 23.8 Å². The van der Waals surface area contributed by atoms with Gasteiger partial charge in [0.2, 0.25) is 0 Å². The van der Waals surface area contributed by atoms with Crippen molar-refractivity contribution >= 4 is 0 Å². The molecule has 0 saturated carbocycles. The van der Waals surface area contributed by atoms with Gasteiger partial charge in [0.25, 0.3) is 0 Å². The lowest BCUT2D eigenvalue weighted by Gasteiger charge is -2.29. The zero-order valence-corrected chi connectivity index (χ0v) is 11.1. The third-order valence-electron chi connectivity index (χ3n) is 3.54. The van der Waals surface area contributed by atoms with E-state index in [1.54, 1.807) is 30.3 Å². The highest BCUT2D eigenvalue weighted by molar-refractivity contribution is 5.76. The van der Waals surface area contributed by atoms with Gasteiger partial charge in [0.05, 0.1) is 11.6 Å². The number of halogens is 3. The number of aliphatic hydroxyl groups excluding tert-OH is 1. The van der Waals surface area contributed by atoms with E-state index in [1.165, 1.54) is 6.07 Å². The first-order chi connectivity index (χ1) is 10.4. The number of hydrogen-bond acceptors (Lipinski definition) is 3. The van der Waals surface area contributed by atoms with Crippen LogP contribution < -0.4 is 4.74 Å². The summed E-state index contributed by atoms with van der Waals surface area (Å²) in [6.07, 6.45) is -6.78. The largest absolute Gasteiger partial charge is 0.481 e. The van der Waals surface area contributed by atoms with Crippen LogP contribution in [0.3, 0.4) is 0 Å². The minimum atomic E-state index is -4.45. The number of aliphatic hydroxyl groups is 1. The van der Waals surface area contributed by atoms with Crippen LogP contribution in [0.2, 0.25) is 0 Å². The summed E-state index contributed by atoms with van der Waals surface area (Å²) < 4.78 is 44.1. The first-order valence-corrected chi connectivity index (χ1v) is 6.46. The maximum Gasteiger partial charge on any atom is 0.416 e. The SMILES string of the molecule is N#CC(O)C1Oc2ccc(C(F)(F)F)cc2-c2ccccc21. The highest BCUT2D eigenvalue weighted by Crippen LogP contribution is 2.45. The van der Waals surface area contributed by atoms with Crippen molar-refractivity contribution in [3.63, 3.8) is 0 Å². The summed E-state index contributed by atoms with van der Waals surface area (Å²) in [5.74, 6) is 0.214. The quantitative estimate of drug-likeness (QED) is 0.818. The van der Waals surface area contributed by atoms with Crippen LogP contribution in [0.4, 0.5) is 13.2 Å². The fourth-order valence-corrected chi connectivity index (χ4v) is 2.51. The van der Waals surface area contributed by atoms with E-state index in [2.05, 4.69) is 0 Å². The Morgan fingerprint density at radius 3 is 2.55 bits per heavy atom. The zero-order valence-electron chi connectivity index (χ0n) is 11.1. The maximum absolute atomic E-state index is 12.9. The van der Waals surface area contributed by atoms with Crippen molar-refractivity contribution in [3.8, 4) is 22.9 Å². The maximum atomic E-state index is 12.9. The molecule has 112 valence electrons. The number of fused-ring (bicyclic) bond motifs is 3. The van der Waals surface area contributed by atoms with Crippen LogP contribution in [0, 0.1) is 11.3 Å². The third-order valence-corrected chi connectivity index (χ3v) is 3.54. The number of ether oxygens (including phenoxy) is 1. The van der Waals surface area contributed by atoms with Gasteiger partial charge < -0.3 is 9.84 Å². The van der Waals surface area contributed by atoms with Gasteiger partial charge in [-0.3, -0.25) is 0 Å². The second kappa shape index (κ2) is 5.04. The van der Waals surface area contributed by atoms with Gasteiger partial charge in [0, 0.05) is 11.1 Å². The first kappa shape index (κ1) is 14.4.